The van der Waals surface area contributed by atoms with Crippen LogP contribution in [0.2, 0.25) is 0 Å². The molecule has 0 radical (unpaired) electrons. The maximum absolute atomic E-state index is 12.3. The van der Waals surface area contributed by atoms with E-state index in [4.69, 9.17) is 0 Å². The van der Waals surface area contributed by atoms with Crippen molar-refractivity contribution in [2.24, 2.45) is 0 Å². The quantitative estimate of drug-likeness (QED) is 0.795. The second-order valence-corrected chi connectivity index (χ2v) is 4.74. The molecule has 1 aromatic heterocycles. The van der Waals surface area contributed by atoms with E-state index in [-0.39, 0.29) is 5.91 Å². The molecule has 20 heavy (non-hydrogen) atoms. The van der Waals surface area contributed by atoms with Gasteiger partial charge < -0.3 is 9.69 Å². The highest BCUT2D eigenvalue weighted by molar-refractivity contribution is 6.01. The molecule has 2 aromatic rings. The molecule has 1 aliphatic rings. The number of carbonyl (C=O) groups excluding carboxylic acids is 2. The number of amides is 1. The number of fused-ring (bicyclic) bond motifs is 1. The van der Waals surface area contributed by atoms with Gasteiger partial charge in [-0.3, -0.25) is 9.78 Å². The molecular formula is C16H14N2O2. The summed E-state index contributed by atoms with van der Waals surface area (Å²) in [5.41, 5.74) is 2.35. The predicted molar refractivity (Wildman–Crippen MR) is 74.2 cm³/mol. The summed E-state index contributed by atoms with van der Waals surface area (Å²) < 4.78 is 0. The zero-order chi connectivity index (χ0) is 13.9. The highest BCUT2D eigenvalue weighted by Gasteiger charge is 2.35. The molecule has 0 bridgehead atoms. The van der Waals surface area contributed by atoms with E-state index in [1.807, 2.05) is 36.4 Å². The summed E-state index contributed by atoms with van der Waals surface area (Å²) in [6.45, 7) is 0.494. The van der Waals surface area contributed by atoms with Crippen LogP contribution in [-0.2, 0) is 11.2 Å². The normalized spacial score (nSPS) is 17.1. The molecule has 0 saturated heterocycles. The summed E-state index contributed by atoms with van der Waals surface area (Å²) in [6, 6.07) is 12.5. The minimum absolute atomic E-state index is 0.0753. The van der Waals surface area contributed by atoms with Crippen LogP contribution in [0, 0.1) is 0 Å². The van der Waals surface area contributed by atoms with Gasteiger partial charge in [0.2, 0.25) is 0 Å². The van der Waals surface area contributed by atoms with E-state index in [2.05, 4.69) is 4.98 Å². The summed E-state index contributed by atoms with van der Waals surface area (Å²) in [5.74, 6) is -0.0753. The molecule has 0 N–H and O–H groups in total. The summed E-state index contributed by atoms with van der Waals surface area (Å²) in [6.07, 6.45) is 3.21. The summed E-state index contributed by atoms with van der Waals surface area (Å²) >= 11 is 0. The molecular weight excluding hydrogens is 252 g/mol. The lowest BCUT2D eigenvalue weighted by Crippen LogP contribution is -2.31. The van der Waals surface area contributed by atoms with Crippen molar-refractivity contribution in [3.8, 4) is 0 Å². The number of carbonyl (C=O) groups is 2. The summed E-state index contributed by atoms with van der Waals surface area (Å²) in [4.78, 5) is 29.5. The van der Waals surface area contributed by atoms with Gasteiger partial charge in [0.25, 0.3) is 5.91 Å². The zero-order valence-electron chi connectivity index (χ0n) is 10.9. The Morgan fingerprint density at radius 1 is 1.15 bits per heavy atom. The first-order chi connectivity index (χ1) is 9.81. The van der Waals surface area contributed by atoms with Crippen LogP contribution in [0.1, 0.15) is 27.7 Å². The molecule has 4 heteroatoms. The van der Waals surface area contributed by atoms with Crippen LogP contribution < -0.4 is 0 Å². The van der Waals surface area contributed by atoms with Crippen molar-refractivity contribution in [2.45, 2.75) is 12.5 Å². The Morgan fingerprint density at radius 3 is 2.70 bits per heavy atom. The van der Waals surface area contributed by atoms with Crippen molar-refractivity contribution in [3.05, 3.63) is 65.5 Å². The van der Waals surface area contributed by atoms with Crippen molar-refractivity contribution < 1.29 is 9.59 Å². The number of hydrogen-bond acceptors (Lipinski definition) is 3. The van der Waals surface area contributed by atoms with Crippen molar-refractivity contribution in [1.82, 2.24) is 9.88 Å². The molecule has 4 nitrogen and oxygen atoms in total. The van der Waals surface area contributed by atoms with Gasteiger partial charge in [0.05, 0.1) is 0 Å². The van der Waals surface area contributed by atoms with E-state index in [0.717, 1.165) is 17.5 Å². The Kier molecular flexibility index (Phi) is 3.29. The third-order valence-corrected chi connectivity index (χ3v) is 3.57. The Bertz CT molecular complexity index is 640. The monoisotopic (exact) mass is 266 g/mol. The van der Waals surface area contributed by atoms with E-state index in [9.17, 15) is 9.59 Å². The summed E-state index contributed by atoms with van der Waals surface area (Å²) in [7, 11) is 0. The third-order valence-electron chi connectivity index (χ3n) is 3.57. The van der Waals surface area contributed by atoms with Gasteiger partial charge in [0.1, 0.15) is 12.3 Å². The van der Waals surface area contributed by atoms with Gasteiger partial charge in [-0.1, -0.05) is 24.3 Å². The Hall–Kier alpha value is -2.49. The van der Waals surface area contributed by atoms with Gasteiger partial charge in [-0.15, -0.1) is 0 Å². The molecule has 0 spiro atoms. The number of aldehydes is 1. The minimum atomic E-state index is -0.470. The van der Waals surface area contributed by atoms with E-state index < -0.39 is 6.04 Å². The van der Waals surface area contributed by atoms with Gasteiger partial charge in [-0.05, 0) is 23.8 Å². The number of nitrogens with zero attached hydrogens (tertiary/aromatic N) is 2. The van der Waals surface area contributed by atoms with Crippen LogP contribution in [0.3, 0.4) is 0 Å². The van der Waals surface area contributed by atoms with Gasteiger partial charge in [-0.2, -0.15) is 0 Å². The van der Waals surface area contributed by atoms with E-state index in [1.54, 1.807) is 17.2 Å². The predicted octanol–water partition coefficient (Wildman–Crippen LogP) is 2.02. The van der Waals surface area contributed by atoms with Gasteiger partial charge in [-0.25, -0.2) is 0 Å². The Labute approximate surface area is 117 Å². The lowest BCUT2D eigenvalue weighted by atomic mass is 10.1. The zero-order valence-corrected chi connectivity index (χ0v) is 10.9. The van der Waals surface area contributed by atoms with E-state index in [0.29, 0.717) is 18.5 Å². The summed E-state index contributed by atoms with van der Waals surface area (Å²) in [5, 5.41) is 0. The van der Waals surface area contributed by atoms with Crippen LogP contribution in [0.5, 0.6) is 0 Å². The highest BCUT2D eigenvalue weighted by atomic mass is 16.2. The second kappa shape index (κ2) is 5.25. The fraction of sp³-hybridized carbons (Fsp3) is 0.188. The topological polar surface area (TPSA) is 50.3 Å². The maximum Gasteiger partial charge on any atom is 0.255 e. The molecule has 1 aliphatic heterocycles. The molecule has 2 heterocycles. The van der Waals surface area contributed by atoms with Crippen molar-refractivity contribution in [1.29, 1.82) is 0 Å². The smallest absolute Gasteiger partial charge is 0.255 e. The van der Waals surface area contributed by atoms with E-state index in [1.165, 1.54) is 0 Å². The van der Waals surface area contributed by atoms with Crippen LogP contribution >= 0.6 is 0 Å². The first-order valence-electron chi connectivity index (χ1n) is 6.56. The van der Waals surface area contributed by atoms with Gasteiger partial charge >= 0.3 is 0 Å². The standard InChI is InChI=1S/C16H14N2O2/c19-11-15-13-6-1-2-7-14(13)16(20)18(15)10-8-12-5-3-4-9-17-12/h1-7,9,11,15H,8,10H2. The molecule has 0 aliphatic carbocycles. The van der Waals surface area contributed by atoms with Gasteiger partial charge in [0, 0.05) is 30.4 Å². The van der Waals surface area contributed by atoms with Crippen molar-refractivity contribution in [2.75, 3.05) is 6.54 Å². The molecule has 1 unspecified atom stereocenters. The number of hydrogen-bond donors (Lipinski definition) is 0. The van der Waals surface area contributed by atoms with Gasteiger partial charge in [0.15, 0.2) is 0 Å². The Balaban J connectivity index is 1.81. The van der Waals surface area contributed by atoms with Crippen LogP contribution in [0.4, 0.5) is 0 Å². The van der Waals surface area contributed by atoms with Crippen LogP contribution in [-0.4, -0.2) is 28.6 Å². The molecule has 3 rings (SSSR count). The molecule has 1 amide bonds. The minimum Gasteiger partial charge on any atom is -0.324 e. The highest BCUT2D eigenvalue weighted by Crippen LogP contribution is 2.31. The fourth-order valence-electron chi connectivity index (χ4n) is 2.57. The number of aromatic nitrogens is 1. The van der Waals surface area contributed by atoms with E-state index >= 15 is 0 Å². The van der Waals surface area contributed by atoms with Crippen LogP contribution in [0.15, 0.2) is 48.7 Å². The molecule has 0 fully saturated rings. The molecule has 1 atom stereocenters. The molecule has 100 valence electrons. The largest absolute Gasteiger partial charge is 0.324 e. The molecule has 0 saturated carbocycles. The first kappa shape index (κ1) is 12.5. The third kappa shape index (κ3) is 2.09. The fourth-order valence-corrected chi connectivity index (χ4v) is 2.57. The first-order valence-corrected chi connectivity index (χ1v) is 6.56. The maximum atomic E-state index is 12.3. The Morgan fingerprint density at radius 2 is 1.95 bits per heavy atom. The average Bonchev–Trinajstić information content (AvgIpc) is 2.78. The SMILES string of the molecule is O=CC1c2ccccc2C(=O)N1CCc1ccccn1. The number of rotatable bonds is 4. The van der Waals surface area contributed by atoms with Crippen molar-refractivity contribution >= 4 is 12.2 Å². The number of pyridine rings is 1. The lowest BCUT2D eigenvalue weighted by molar-refractivity contribution is -0.111. The lowest BCUT2D eigenvalue weighted by Gasteiger charge is -2.20. The number of benzene rings is 1. The second-order valence-electron chi connectivity index (χ2n) is 4.74. The van der Waals surface area contributed by atoms with Crippen LogP contribution in [0.25, 0.3) is 0 Å². The average molecular weight is 266 g/mol. The molecule has 1 aromatic carbocycles. The van der Waals surface area contributed by atoms with Crippen molar-refractivity contribution in [3.63, 3.8) is 0 Å².